The SMILES string of the molecule is O=C(NF)c1cn(C2CCOCC2)c(=O)cc1Cl. The van der Waals surface area contributed by atoms with Gasteiger partial charge in [0, 0.05) is 31.5 Å². The number of halogens is 2. The number of pyridine rings is 1. The van der Waals surface area contributed by atoms with Crippen molar-refractivity contribution < 1.29 is 14.0 Å². The van der Waals surface area contributed by atoms with Gasteiger partial charge in [-0.05, 0) is 12.8 Å². The molecule has 2 rings (SSSR count). The molecule has 1 fully saturated rings. The molecule has 1 amide bonds. The van der Waals surface area contributed by atoms with Gasteiger partial charge in [-0.15, -0.1) is 0 Å². The van der Waals surface area contributed by atoms with Crippen molar-refractivity contribution in [3.8, 4) is 0 Å². The zero-order valence-corrected chi connectivity index (χ0v) is 10.2. The number of carbonyl (C=O) groups excluding carboxylic acids is 1. The highest BCUT2D eigenvalue weighted by atomic mass is 35.5. The Morgan fingerprint density at radius 1 is 1.50 bits per heavy atom. The van der Waals surface area contributed by atoms with E-state index in [1.54, 1.807) is 0 Å². The molecule has 18 heavy (non-hydrogen) atoms. The second-order valence-electron chi connectivity index (χ2n) is 4.05. The minimum Gasteiger partial charge on any atom is -0.381 e. The van der Waals surface area contributed by atoms with Crippen LogP contribution in [0.2, 0.25) is 5.02 Å². The van der Waals surface area contributed by atoms with Crippen molar-refractivity contribution in [2.75, 3.05) is 13.2 Å². The van der Waals surface area contributed by atoms with E-state index < -0.39 is 5.91 Å². The second-order valence-corrected chi connectivity index (χ2v) is 4.45. The molecule has 0 saturated carbocycles. The third kappa shape index (κ3) is 2.54. The van der Waals surface area contributed by atoms with E-state index >= 15 is 0 Å². The summed E-state index contributed by atoms with van der Waals surface area (Å²) in [5.41, 5.74) is 0.654. The van der Waals surface area contributed by atoms with E-state index in [1.165, 1.54) is 10.8 Å². The number of carbonyl (C=O) groups is 1. The van der Waals surface area contributed by atoms with E-state index in [1.807, 2.05) is 0 Å². The van der Waals surface area contributed by atoms with Crippen molar-refractivity contribution in [1.82, 2.24) is 10.1 Å². The second kappa shape index (κ2) is 5.49. The average molecular weight is 275 g/mol. The first-order valence-corrected chi connectivity index (χ1v) is 5.91. The van der Waals surface area contributed by atoms with Crippen LogP contribution >= 0.6 is 11.6 Å². The molecule has 1 aliphatic rings. The van der Waals surface area contributed by atoms with Crippen LogP contribution in [-0.2, 0) is 4.74 Å². The minimum absolute atomic E-state index is 0.0466. The lowest BCUT2D eigenvalue weighted by Gasteiger charge is -2.24. The van der Waals surface area contributed by atoms with E-state index in [4.69, 9.17) is 16.3 Å². The Morgan fingerprint density at radius 2 is 2.17 bits per heavy atom. The molecule has 1 N–H and O–H groups in total. The molecule has 1 saturated heterocycles. The predicted molar refractivity (Wildman–Crippen MR) is 63.4 cm³/mol. The summed E-state index contributed by atoms with van der Waals surface area (Å²) in [6.07, 6.45) is 2.66. The van der Waals surface area contributed by atoms with Crippen LogP contribution in [0.25, 0.3) is 0 Å². The van der Waals surface area contributed by atoms with Crippen LogP contribution in [0.15, 0.2) is 17.1 Å². The first kappa shape index (κ1) is 13.0. The zero-order chi connectivity index (χ0) is 13.1. The van der Waals surface area contributed by atoms with Crippen LogP contribution < -0.4 is 11.1 Å². The lowest BCUT2D eigenvalue weighted by Crippen LogP contribution is -2.30. The quantitative estimate of drug-likeness (QED) is 0.831. The maximum atomic E-state index is 12.2. The number of ether oxygens (including phenoxy) is 1. The van der Waals surface area contributed by atoms with Gasteiger partial charge in [0.2, 0.25) is 0 Å². The van der Waals surface area contributed by atoms with Crippen LogP contribution in [0.4, 0.5) is 4.48 Å². The third-order valence-corrected chi connectivity index (χ3v) is 3.26. The fourth-order valence-electron chi connectivity index (χ4n) is 1.99. The van der Waals surface area contributed by atoms with E-state index in [0.29, 0.717) is 26.1 Å². The van der Waals surface area contributed by atoms with Gasteiger partial charge in [0.25, 0.3) is 11.5 Å². The van der Waals surface area contributed by atoms with Crippen molar-refractivity contribution in [1.29, 1.82) is 0 Å². The smallest absolute Gasteiger partial charge is 0.281 e. The molecule has 1 aliphatic heterocycles. The summed E-state index contributed by atoms with van der Waals surface area (Å²) in [5.74, 6) is -0.958. The molecular weight excluding hydrogens is 263 g/mol. The number of nitrogens with zero attached hydrogens (tertiary/aromatic N) is 1. The maximum absolute atomic E-state index is 12.2. The molecule has 1 aromatic heterocycles. The van der Waals surface area contributed by atoms with Crippen LogP contribution in [0.1, 0.15) is 29.2 Å². The Morgan fingerprint density at radius 3 is 2.78 bits per heavy atom. The van der Waals surface area contributed by atoms with Crippen molar-refractivity contribution in [2.24, 2.45) is 0 Å². The van der Waals surface area contributed by atoms with E-state index in [-0.39, 0.29) is 22.2 Å². The van der Waals surface area contributed by atoms with Crippen molar-refractivity contribution in [2.45, 2.75) is 18.9 Å². The first-order chi connectivity index (χ1) is 8.63. The number of amides is 1. The summed E-state index contributed by atoms with van der Waals surface area (Å²) >= 11 is 5.75. The fraction of sp³-hybridized carbons (Fsp3) is 0.455. The van der Waals surface area contributed by atoms with Gasteiger partial charge >= 0.3 is 0 Å². The Labute approximate surface area is 107 Å². The molecule has 0 radical (unpaired) electrons. The summed E-state index contributed by atoms with van der Waals surface area (Å²) in [7, 11) is 0. The molecule has 1 aromatic rings. The van der Waals surface area contributed by atoms with Gasteiger partial charge in [-0.1, -0.05) is 16.1 Å². The minimum atomic E-state index is -0.958. The highest BCUT2D eigenvalue weighted by Crippen LogP contribution is 2.21. The fourth-order valence-corrected chi connectivity index (χ4v) is 2.22. The summed E-state index contributed by atoms with van der Waals surface area (Å²) in [6.45, 7) is 1.12. The zero-order valence-electron chi connectivity index (χ0n) is 9.49. The molecule has 2 heterocycles. The molecule has 0 aliphatic carbocycles. The first-order valence-electron chi connectivity index (χ1n) is 5.54. The van der Waals surface area contributed by atoms with Crippen LogP contribution in [0, 0.1) is 0 Å². The van der Waals surface area contributed by atoms with Gasteiger partial charge in [-0.2, -0.15) is 5.54 Å². The largest absolute Gasteiger partial charge is 0.381 e. The normalized spacial score (nSPS) is 16.6. The van der Waals surface area contributed by atoms with Crippen LogP contribution in [0.3, 0.4) is 0 Å². The van der Waals surface area contributed by atoms with Crippen molar-refractivity contribution in [3.63, 3.8) is 0 Å². The van der Waals surface area contributed by atoms with Gasteiger partial charge in [0.15, 0.2) is 0 Å². The topological polar surface area (TPSA) is 60.3 Å². The monoisotopic (exact) mass is 274 g/mol. The number of rotatable bonds is 2. The Hall–Kier alpha value is -1.40. The van der Waals surface area contributed by atoms with Gasteiger partial charge in [0.1, 0.15) is 0 Å². The van der Waals surface area contributed by atoms with Gasteiger partial charge in [-0.25, -0.2) is 0 Å². The molecule has 7 heteroatoms. The number of nitrogens with one attached hydrogen (secondary N) is 1. The molecule has 0 atom stereocenters. The molecule has 98 valence electrons. The van der Waals surface area contributed by atoms with Gasteiger partial charge in [-0.3, -0.25) is 9.59 Å². The number of hydrogen-bond donors (Lipinski definition) is 1. The Kier molecular flexibility index (Phi) is 3.98. The van der Waals surface area contributed by atoms with Crippen LogP contribution in [-0.4, -0.2) is 23.7 Å². The van der Waals surface area contributed by atoms with Crippen LogP contribution in [0.5, 0.6) is 0 Å². The highest BCUT2D eigenvalue weighted by molar-refractivity contribution is 6.33. The summed E-state index contributed by atoms with van der Waals surface area (Å²) in [6, 6.07) is 1.08. The average Bonchev–Trinajstić information content (AvgIpc) is 2.39. The molecule has 0 unspecified atom stereocenters. The molecule has 0 bridgehead atoms. The van der Waals surface area contributed by atoms with E-state index in [9.17, 15) is 14.1 Å². The highest BCUT2D eigenvalue weighted by Gasteiger charge is 2.20. The standard InChI is InChI=1S/C11H12ClFN2O3/c12-9-5-10(16)15(6-8(9)11(17)14-13)7-1-3-18-4-2-7/h5-7H,1-4H2,(H,14,17). The van der Waals surface area contributed by atoms with E-state index in [0.717, 1.165) is 11.6 Å². The molecular formula is C11H12ClFN2O3. The molecule has 0 spiro atoms. The van der Waals surface area contributed by atoms with Gasteiger partial charge in [0.05, 0.1) is 10.6 Å². The number of hydrogen-bond acceptors (Lipinski definition) is 3. The lowest BCUT2D eigenvalue weighted by molar-refractivity contribution is 0.0684. The van der Waals surface area contributed by atoms with E-state index in [2.05, 4.69) is 0 Å². The summed E-state index contributed by atoms with van der Waals surface area (Å²) in [5, 5.41) is -0.0570. The van der Waals surface area contributed by atoms with Crippen molar-refractivity contribution in [3.05, 3.63) is 33.2 Å². The third-order valence-electron chi connectivity index (χ3n) is 2.94. The van der Waals surface area contributed by atoms with Gasteiger partial charge < -0.3 is 9.30 Å². The molecule has 0 aromatic carbocycles. The Balaban J connectivity index is 2.40. The molecule has 5 nitrogen and oxygen atoms in total. The lowest BCUT2D eigenvalue weighted by atomic mass is 10.1. The predicted octanol–water partition coefficient (Wildman–Crippen LogP) is 1.47. The number of aromatic nitrogens is 1. The van der Waals surface area contributed by atoms with Crippen molar-refractivity contribution >= 4 is 17.5 Å². The Bertz CT molecular complexity index is 512. The maximum Gasteiger partial charge on any atom is 0.281 e. The summed E-state index contributed by atoms with van der Waals surface area (Å²) in [4.78, 5) is 23.1. The summed E-state index contributed by atoms with van der Waals surface area (Å²) < 4.78 is 18.8.